The van der Waals surface area contributed by atoms with Gasteiger partial charge in [-0.3, -0.25) is 9.36 Å². The van der Waals surface area contributed by atoms with Crippen LogP contribution in [0.25, 0.3) is 5.82 Å². The molecule has 1 saturated heterocycles. The molecular weight excluding hydrogens is 411 g/mol. The van der Waals surface area contributed by atoms with E-state index < -0.39 is 5.82 Å². The van der Waals surface area contributed by atoms with E-state index in [1.807, 2.05) is 6.92 Å². The Balaban J connectivity index is 1.45. The van der Waals surface area contributed by atoms with Crippen LogP contribution in [0.5, 0.6) is 0 Å². The number of halogens is 2. The van der Waals surface area contributed by atoms with Gasteiger partial charge in [-0.05, 0) is 31.0 Å². The third-order valence-electron chi connectivity index (χ3n) is 4.70. The SMILES string of the molecule is Cc1cnc(N[C@H]2CCOC2)nc1-n1cnc(C(=O)NCc2ccc(Cl)c(F)c2)c1. The van der Waals surface area contributed by atoms with Crippen molar-refractivity contribution in [3.63, 3.8) is 0 Å². The third-order valence-corrected chi connectivity index (χ3v) is 5.01. The van der Waals surface area contributed by atoms with Crippen molar-refractivity contribution in [2.75, 3.05) is 18.5 Å². The number of ether oxygens (including phenoxy) is 1. The van der Waals surface area contributed by atoms with Crippen molar-refractivity contribution in [2.45, 2.75) is 25.9 Å². The summed E-state index contributed by atoms with van der Waals surface area (Å²) >= 11 is 5.68. The predicted octanol–water partition coefficient (Wildman–Crippen LogP) is 2.89. The predicted molar refractivity (Wildman–Crippen MR) is 109 cm³/mol. The van der Waals surface area contributed by atoms with Gasteiger partial charge in [0.25, 0.3) is 5.91 Å². The molecule has 10 heteroatoms. The Hall–Kier alpha value is -3.04. The summed E-state index contributed by atoms with van der Waals surface area (Å²) in [7, 11) is 0. The molecule has 1 aliphatic heterocycles. The maximum atomic E-state index is 13.5. The van der Waals surface area contributed by atoms with E-state index in [-0.39, 0.29) is 29.2 Å². The Morgan fingerprint density at radius 3 is 3.03 bits per heavy atom. The van der Waals surface area contributed by atoms with Gasteiger partial charge in [-0.1, -0.05) is 17.7 Å². The van der Waals surface area contributed by atoms with E-state index in [2.05, 4.69) is 25.6 Å². The Morgan fingerprint density at radius 1 is 1.40 bits per heavy atom. The lowest BCUT2D eigenvalue weighted by Crippen LogP contribution is -2.23. The lowest BCUT2D eigenvalue weighted by molar-refractivity contribution is 0.0946. The minimum atomic E-state index is -0.527. The van der Waals surface area contributed by atoms with E-state index in [4.69, 9.17) is 16.3 Å². The number of benzene rings is 1. The van der Waals surface area contributed by atoms with Crippen molar-refractivity contribution in [1.29, 1.82) is 0 Å². The first-order valence-electron chi connectivity index (χ1n) is 9.44. The second kappa shape index (κ2) is 8.76. The molecule has 156 valence electrons. The van der Waals surface area contributed by atoms with Crippen molar-refractivity contribution in [3.8, 4) is 5.82 Å². The van der Waals surface area contributed by atoms with Gasteiger partial charge in [-0.25, -0.2) is 14.4 Å². The molecule has 0 radical (unpaired) electrons. The van der Waals surface area contributed by atoms with Crippen LogP contribution in [-0.4, -0.2) is 44.7 Å². The standard InChI is InChI=1S/C20H20ClFN6O2/c1-12-7-24-20(26-14-4-5-30-10-14)27-18(12)28-9-17(25-11-28)19(29)23-8-13-2-3-15(21)16(22)6-13/h2-3,6-7,9,11,14H,4-5,8,10H2,1H3,(H,23,29)(H,24,26,27)/t14-/m0/s1. The Kier molecular flexibility index (Phi) is 5.91. The largest absolute Gasteiger partial charge is 0.379 e. The number of carbonyl (C=O) groups excluding carboxylic acids is 1. The topological polar surface area (TPSA) is 94.0 Å². The van der Waals surface area contributed by atoms with Gasteiger partial charge in [-0.15, -0.1) is 0 Å². The molecule has 0 unspecified atom stereocenters. The Bertz CT molecular complexity index is 1070. The molecule has 0 saturated carbocycles. The third kappa shape index (κ3) is 4.58. The van der Waals surface area contributed by atoms with Gasteiger partial charge in [0, 0.05) is 31.1 Å². The van der Waals surface area contributed by atoms with Crippen LogP contribution in [0.15, 0.2) is 36.9 Å². The van der Waals surface area contributed by atoms with Crippen LogP contribution < -0.4 is 10.6 Å². The summed E-state index contributed by atoms with van der Waals surface area (Å²) in [6.07, 6.45) is 5.74. The summed E-state index contributed by atoms with van der Waals surface area (Å²) in [5.74, 6) is 0.214. The van der Waals surface area contributed by atoms with Gasteiger partial charge in [0.15, 0.2) is 0 Å². The van der Waals surface area contributed by atoms with E-state index in [0.29, 0.717) is 23.9 Å². The monoisotopic (exact) mass is 430 g/mol. The number of carbonyl (C=O) groups is 1. The summed E-state index contributed by atoms with van der Waals surface area (Å²) in [6.45, 7) is 3.38. The molecular formula is C20H20ClFN6O2. The van der Waals surface area contributed by atoms with Crippen LogP contribution in [0, 0.1) is 12.7 Å². The maximum Gasteiger partial charge on any atom is 0.271 e. The van der Waals surface area contributed by atoms with Crippen LogP contribution in [-0.2, 0) is 11.3 Å². The average molecular weight is 431 g/mol. The molecule has 2 aromatic heterocycles. The first-order valence-corrected chi connectivity index (χ1v) is 9.82. The van der Waals surface area contributed by atoms with E-state index in [1.165, 1.54) is 18.5 Å². The molecule has 1 amide bonds. The quantitative estimate of drug-likeness (QED) is 0.624. The Morgan fingerprint density at radius 2 is 2.27 bits per heavy atom. The molecule has 2 N–H and O–H groups in total. The van der Waals surface area contributed by atoms with E-state index >= 15 is 0 Å². The van der Waals surface area contributed by atoms with Gasteiger partial charge in [0.1, 0.15) is 23.7 Å². The van der Waals surface area contributed by atoms with Gasteiger partial charge in [0.2, 0.25) is 5.95 Å². The van der Waals surface area contributed by atoms with Crippen LogP contribution in [0.2, 0.25) is 5.02 Å². The summed E-state index contributed by atoms with van der Waals surface area (Å²) in [4.78, 5) is 25.5. The Labute approximate surface area is 177 Å². The number of aromatic nitrogens is 4. The fourth-order valence-electron chi connectivity index (χ4n) is 3.07. The fourth-order valence-corrected chi connectivity index (χ4v) is 3.19. The second-order valence-corrected chi connectivity index (χ2v) is 7.41. The van der Waals surface area contributed by atoms with Crippen molar-refractivity contribution in [1.82, 2.24) is 24.8 Å². The summed E-state index contributed by atoms with van der Waals surface area (Å²) in [5.41, 5.74) is 1.66. The van der Waals surface area contributed by atoms with E-state index in [0.717, 1.165) is 18.6 Å². The lowest BCUT2D eigenvalue weighted by Gasteiger charge is -2.12. The number of aryl methyl sites for hydroxylation is 1. The molecule has 1 atom stereocenters. The van der Waals surface area contributed by atoms with E-state index in [1.54, 1.807) is 23.0 Å². The molecule has 30 heavy (non-hydrogen) atoms. The number of amides is 1. The van der Waals surface area contributed by atoms with Crippen molar-refractivity contribution >= 4 is 23.5 Å². The molecule has 1 aliphatic rings. The molecule has 0 spiro atoms. The highest BCUT2D eigenvalue weighted by molar-refractivity contribution is 6.30. The van der Waals surface area contributed by atoms with Gasteiger partial charge >= 0.3 is 0 Å². The first kappa shape index (κ1) is 20.2. The summed E-state index contributed by atoms with van der Waals surface area (Å²) < 4.78 is 20.6. The molecule has 4 rings (SSSR count). The zero-order valence-electron chi connectivity index (χ0n) is 16.2. The van der Waals surface area contributed by atoms with Crippen molar-refractivity contribution in [3.05, 3.63) is 64.6 Å². The number of imidazole rings is 1. The number of hydrogen-bond acceptors (Lipinski definition) is 6. The highest BCUT2D eigenvalue weighted by Gasteiger charge is 2.18. The van der Waals surface area contributed by atoms with Crippen LogP contribution >= 0.6 is 11.6 Å². The van der Waals surface area contributed by atoms with Gasteiger partial charge < -0.3 is 15.4 Å². The minimum Gasteiger partial charge on any atom is -0.379 e. The number of nitrogens with zero attached hydrogens (tertiary/aromatic N) is 4. The normalized spacial score (nSPS) is 15.9. The molecule has 3 aromatic rings. The highest BCUT2D eigenvalue weighted by Crippen LogP contribution is 2.17. The molecule has 0 bridgehead atoms. The number of anilines is 1. The van der Waals surface area contributed by atoms with Crippen LogP contribution in [0.4, 0.5) is 10.3 Å². The fraction of sp³-hybridized carbons (Fsp3) is 0.300. The minimum absolute atomic E-state index is 0.0401. The van der Waals surface area contributed by atoms with Gasteiger partial charge in [0.05, 0.1) is 17.7 Å². The van der Waals surface area contributed by atoms with Crippen LogP contribution in [0.1, 0.15) is 28.0 Å². The second-order valence-electron chi connectivity index (χ2n) is 7.00. The zero-order chi connectivity index (χ0) is 21.1. The molecule has 3 heterocycles. The smallest absolute Gasteiger partial charge is 0.271 e. The maximum absolute atomic E-state index is 13.5. The van der Waals surface area contributed by atoms with Crippen molar-refractivity contribution in [2.24, 2.45) is 0 Å². The number of hydrogen-bond donors (Lipinski definition) is 2. The molecule has 8 nitrogen and oxygen atoms in total. The number of nitrogens with one attached hydrogen (secondary N) is 2. The highest BCUT2D eigenvalue weighted by atomic mass is 35.5. The zero-order valence-corrected chi connectivity index (χ0v) is 17.0. The molecule has 0 aliphatic carbocycles. The summed E-state index contributed by atoms with van der Waals surface area (Å²) in [5, 5.41) is 6.01. The molecule has 1 fully saturated rings. The van der Waals surface area contributed by atoms with Crippen LogP contribution in [0.3, 0.4) is 0 Å². The van der Waals surface area contributed by atoms with E-state index in [9.17, 15) is 9.18 Å². The summed E-state index contributed by atoms with van der Waals surface area (Å²) in [6, 6.07) is 4.57. The lowest BCUT2D eigenvalue weighted by atomic mass is 10.2. The molecule has 1 aromatic carbocycles. The van der Waals surface area contributed by atoms with Crippen molar-refractivity contribution < 1.29 is 13.9 Å². The van der Waals surface area contributed by atoms with Gasteiger partial charge in [-0.2, -0.15) is 4.98 Å². The average Bonchev–Trinajstić information content (AvgIpc) is 3.42. The number of rotatable bonds is 6. The first-order chi connectivity index (χ1) is 14.5.